The Kier molecular flexibility index (Phi) is 9.33. The number of benzene rings is 2. The third-order valence-electron chi connectivity index (χ3n) is 7.09. The van der Waals surface area contributed by atoms with Gasteiger partial charge < -0.3 is 19.0 Å². The van der Waals surface area contributed by atoms with Crippen molar-refractivity contribution in [2.75, 3.05) is 26.6 Å². The van der Waals surface area contributed by atoms with Crippen LogP contribution in [0.5, 0.6) is 0 Å². The minimum absolute atomic E-state index is 0.0166. The predicted octanol–water partition coefficient (Wildman–Crippen LogP) is 5.29. The molecule has 1 atom stereocenters. The maximum atomic E-state index is 13.5. The number of urea groups is 1. The zero-order valence-corrected chi connectivity index (χ0v) is 23.6. The second-order valence-electron chi connectivity index (χ2n) is 10.9. The van der Waals surface area contributed by atoms with E-state index >= 15 is 0 Å². The van der Waals surface area contributed by atoms with E-state index in [4.69, 9.17) is 9.16 Å². The largest absolute Gasteiger partial charge is 0.465 e. The summed E-state index contributed by atoms with van der Waals surface area (Å²) in [5, 5.41) is 0.0166. The van der Waals surface area contributed by atoms with Crippen molar-refractivity contribution in [3.8, 4) is 0 Å². The Morgan fingerprint density at radius 2 is 1.39 bits per heavy atom. The molecule has 0 spiro atoms. The summed E-state index contributed by atoms with van der Waals surface area (Å²) in [4.78, 5) is 32.3. The number of nitrogens with zero attached hydrogens (tertiary/aromatic N) is 3. The van der Waals surface area contributed by atoms with Crippen molar-refractivity contribution in [3.63, 3.8) is 0 Å². The van der Waals surface area contributed by atoms with E-state index < -0.39 is 14.4 Å². The Bertz CT molecular complexity index is 941. The fourth-order valence-corrected chi connectivity index (χ4v) is 4.92. The summed E-state index contributed by atoms with van der Waals surface area (Å²) in [6, 6.07) is 19.2. The number of ether oxygens (including phenoxy) is 1. The first-order valence-electron chi connectivity index (χ1n) is 12.7. The van der Waals surface area contributed by atoms with E-state index in [0.717, 1.165) is 11.1 Å². The third kappa shape index (κ3) is 7.18. The topological polar surface area (TPSA) is 62.3 Å². The highest BCUT2D eigenvalue weighted by molar-refractivity contribution is 6.74. The zero-order chi connectivity index (χ0) is 26.3. The van der Waals surface area contributed by atoms with Crippen LogP contribution in [0.1, 0.15) is 38.8 Å². The average molecular weight is 512 g/mol. The van der Waals surface area contributed by atoms with Crippen LogP contribution in [-0.4, -0.2) is 67.6 Å². The molecular formula is C28H41N3O4Si. The molecular weight excluding hydrogens is 470 g/mol. The molecule has 2 amide bonds. The molecule has 8 heteroatoms. The molecule has 0 unspecified atom stereocenters. The second-order valence-corrected chi connectivity index (χ2v) is 15.7. The number of hydrogen-bond donors (Lipinski definition) is 0. The summed E-state index contributed by atoms with van der Waals surface area (Å²) < 4.78 is 12.0. The lowest BCUT2D eigenvalue weighted by molar-refractivity contribution is -0.154. The highest BCUT2D eigenvalue weighted by Gasteiger charge is 2.41. The lowest BCUT2D eigenvalue weighted by Crippen LogP contribution is -2.62. The van der Waals surface area contributed by atoms with Crippen LogP contribution in [0.25, 0.3) is 0 Å². The first-order chi connectivity index (χ1) is 17.0. The maximum Gasteiger partial charge on any atom is 0.325 e. The van der Waals surface area contributed by atoms with E-state index in [1.807, 2.05) is 72.5 Å². The van der Waals surface area contributed by atoms with Gasteiger partial charge >= 0.3 is 12.0 Å². The number of hydrogen-bond acceptors (Lipinski definition) is 5. The summed E-state index contributed by atoms with van der Waals surface area (Å²) in [5.74, 6) is -0.315. The minimum Gasteiger partial charge on any atom is -0.465 e. The van der Waals surface area contributed by atoms with E-state index in [1.54, 1.807) is 9.80 Å². The van der Waals surface area contributed by atoms with Gasteiger partial charge in [-0.2, -0.15) is 0 Å². The van der Waals surface area contributed by atoms with Crippen LogP contribution in [0.3, 0.4) is 0 Å². The lowest BCUT2D eigenvalue weighted by Gasteiger charge is -2.45. The van der Waals surface area contributed by atoms with Gasteiger partial charge in [-0.1, -0.05) is 81.4 Å². The van der Waals surface area contributed by atoms with E-state index in [2.05, 4.69) is 33.9 Å². The monoisotopic (exact) mass is 511 g/mol. The van der Waals surface area contributed by atoms with E-state index in [1.165, 1.54) is 0 Å². The fraction of sp³-hybridized carbons (Fsp3) is 0.500. The van der Waals surface area contributed by atoms with Crippen LogP contribution in [0.4, 0.5) is 4.79 Å². The Balaban J connectivity index is 1.88. The molecule has 3 rings (SSSR count). The van der Waals surface area contributed by atoms with Crippen LogP contribution in [0, 0.1) is 0 Å². The number of carbonyl (C=O) groups excluding carboxylic acids is 2. The number of carbonyl (C=O) groups is 2. The van der Waals surface area contributed by atoms with Gasteiger partial charge in [0.05, 0.1) is 26.6 Å². The van der Waals surface area contributed by atoms with E-state index in [-0.39, 0.29) is 23.6 Å². The highest BCUT2D eigenvalue weighted by atomic mass is 28.4. The molecule has 0 bridgehead atoms. The van der Waals surface area contributed by atoms with Crippen molar-refractivity contribution in [1.82, 2.24) is 14.7 Å². The molecule has 0 saturated carbocycles. The normalized spacial score (nSPS) is 16.2. The molecule has 0 aromatic heterocycles. The Hall–Kier alpha value is -2.68. The van der Waals surface area contributed by atoms with Crippen molar-refractivity contribution in [2.24, 2.45) is 0 Å². The van der Waals surface area contributed by atoms with Crippen LogP contribution in [-0.2, 0) is 27.0 Å². The van der Waals surface area contributed by atoms with Gasteiger partial charge in [0.25, 0.3) is 0 Å². The summed E-state index contributed by atoms with van der Waals surface area (Å²) in [6.07, 6.45) is 0. The third-order valence-corrected chi connectivity index (χ3v) is 11.6. The van der Waals surface area contributed by atoms with E-state index in [0.29, 0.717) is 33.0 Å². The van der Waals surface area contributed by atoms with E-state index in [9.17, 15) is 9.59 Å². The molecule has 0 aliphatic carbocycles. The molecule has 0 N–H and O–H groups in total. The molecule has 0 radical (unpaired) electrons. The molecule has 7 nitrogen and oxygen atoms in total. The van der Waals surface area contributed by atoms with Gasteiger partial charge in [-0.3, -0.25) is 9.69 Å². The standard InChI is InChI=1S/C28H41N3O4Si/c1-7-34-26(32)25(20-35-36(5,6)28(2,3)4)31-21-29(18-23-14-10-8-11-15-23)27(33)30(22-31)19-24-16-12-9-13-17-24/h8-17,25H,7,18-22H2,1-6H3/t25-/m1/s1. The van der Waals surface area contributed by atoms with Gasteiger partial charge in [0.2, 0.25) is 0 Å². The molecule has 1 aliphatic heterocycles. The number of esters is 1. The maximum absolute atomic E-state index is 13.5. The summed E-state index contributed by atoms with van der Waals surface area (Å²) in [5.41, 5.74) is 2.08. The molecule has 1 aliphatic rings. The number of amides is 2. The number of rotatable bonds is 10. The molecule has 2 aromatic carbocycles. The van der Waals surface area contributed by atoms with Gasteiger partial charge in [0.15, 0.2) is 8.32 Å². The van der Waals surface area contributed by atoms with Gasteiger partial charge in [0, 0.05) is 13.1 Å². The molecule has 1 fully saturated rings. The van der Waals surface area contributed by atoms with Crippen LogP contribution >= 0.6 is 0 Å². The van der Waals surface area contributed by atoms with Crippen molar-refractivity contribution in [1.29, 1.82) is 0 Å². The molecule has 1 heterocycles. The zero-order valence-electron chi connectivity index (χ0n) is 22.6. The van der Waals surface area contributed by atoms with Crippen molar-refractivity contribution in [3.05, 3.63) is 71.8 Å². The fourth-order valence-electron chi connectivity index (χ4n) is 3.91. The van der Waals surface area contributed by atoms with Gasteiger partial charge in [-0.15, -0.1) is 0 Å². The Morgan fingerprint density at radius 1 is 0.917 bits per heavy atom. The van der Waals surface area contributed by atoms with Crippen LogP contribution in [0.15, 0.2) is 60.7 Å². The van der Waals surface area contributed by atoms with Gasteiger partial charge in [-0.25, -0.2) is 4.79 Å². The summed E-state index contributed by atoms with van der Waals surface area (Å²) in [6.45, 7) is 14.8. The van der Waals surface area contributed by atoms with Crippen molar-refractivity contribution < 1.29 is 18.8 Å². The predicted molar refractivity (Wildman–Crippen MR) is 145 cm³/mol. The Labute approximate surface area is 217 Å². The van der Waals surface area contributed by atoms with Crippen LogP contribution < -0.4 is 0 Å². The molecule has 196 valence electrons. The molecule has 36 heavy (non-hydrogen) atoms. The smallest absolute Gasteiger partial charge is 0.325 e. The van der Waals surface area contributed by atoms with Crippen LogP contribution in [0.2, 0.25) is 18.1 Å². The summed E-state index contributed by atoms with van der Waals surface area (Å²) in [7, 11) is -2.10. The lowest BCUT2D eigenvalue weighted by atomic mass is 10.2. The van der Waals surface area contributed by atoms with Crippen molar-refractivity contribution in [2.45, 2.75) is 65.0 Å². The summed E-state index contributed by atoms with van der Waals surface area (Å²) >= 11 is 0. The minimum atomic E-state index is -2.10. The van der Waals surface area contributed by atoms with Gasteiger partial charge in [0.1, 0.15) is 6.04 Å². The quantitative estimate of drug-likeness (QED) is 0.320. The first kappa shape index (κ1) is 27.9. The molecule has 2 aromatic rings. The Morgan fingerprint density at radius 3 is 1.81 bits per heavy atom. The second kappa shape index (κ2) is 12.0. The van der Waals surface area contributed by atoms with Gasteiger partial charge in [-0.05, 0) is 36.2 Å². The van der Waals surface area contributed by atoms with Crippen molar-refractivity contribution >= 4 is 20.3 Å². The molecule has 1 saturated heterocycles. The highest BCUT2D eigenvalue weighted by Crippen LogP contribution is 2.36. The average Bonchev–Trinajstić information content (AvgIpc) is 2.83. The first-order valence-corrected chi connectivity index (χ1v) is 15.6. The SMILES string of the molecule is CCOC(=O)[C@@H](CO[Si](C)(C)C(C)(C)C)N1CN(Cc2ccccc2)C(=O)N(Cc2ccccc2)C1.